The lowest BCUT2D eigenvalue weighted by molar-refractivity contribution is -0.172. The standard InChI is InChI=1S/C33H26N6O5/c34-21-6-9-24-27(14-21)44-28-15-22(35)7-10-25(28)30(24)26-13-20(5-8-23(26)32(41)42)31(40)38-16-18-1-3-19(4-2-18)17-43-33-37-12-11-29(36)39-33/h1-15,34H,16-17,35H2,(H,38,40)(H,41,42)(H2,36,37,39)/p+1. The molecule has 0 spiro atoms. The highest BCUT2D eigenvalue weighted by atomic mass is 16.5. The van der Waals surface area contributed by atoms with Gasteiger partial charge in [0.1, 0.15) is 23.8 Å². The SMILES string of the molecule is Nc1ccc2c(-c3cc(C(=O)NCc4ccc(COc5nccc(N)n5)cc4)ccc3C(=O)O)c3ccc(=[NH2+])cc-3oc2c1. The predicted octanol–water partition coefficient (Wildman–Crippen LogP) is 3.03. The molecule has 0 radical (unpaired) electrons. The van der Waals surface area contributed by atoms with Crippen LogP contribution in [0.25, 0.3) is 33.4 Å². The largest absolute Gasteiger partial charge is 0.478 e. The molecule has 0 saturated carbocycles. The van der Waals surface area contributed by atoms with Gasteiger partial charge in [-0.15, -0.1) is 0 Å². The lowest BCUT2D eigenvalue weighted by Gasteiger charge is -2.17. The first-order valence-corrected chi connectivity index (χ1v) is 13.5. The van der Waals surface area contributed by atoms with E-state index in [1.165, 1.54) is 18.3 Å². The summed E-state index contributed by atoms with van der Waals surface area (Å²) >= 11 is 0. The Kier molecular flexibility index (Phi) is 7.34. The molecule has 0 atom stereocenters. The third-order valence-electron chi connectivity index (χ3n) is 7.05. The van der Waals surface area contributed by atoms with E-state index < -0.39 is 5.97 Å². The van der Waals surface area contributed by atoms with E-state index in [-0.39, 0.29) is 30.6 Å². The molecule has 0 saturated heterocycles. The number of amides is 1. The van der Waals surface area contributed by atoms with Crippen LogP contribution in [0.5, 0.6) is 6.01 Å². The number of carboxylic acid groups (broad SMARTS) is 1. The Hall–Kier alpha value is -6.23. The number of carboxylic acids is 1. The number of rotatable bonds is 8. The average Bonchev–Trinajstić information content (AvgIpc) is 3.01. The summed E-state index contributed by atoms with van der Waals surface area (Å²) < 4.78 is 11.7. The fourth-order valence-electron chi connectivity index (χ4n) is 4.90. The Labute approximate surface area is 250 Å². The van der Waals surface area contributed by atoms with Gasteiger partial charge in [0.2, 0.25) is 0 Å². The number of nitrogens with two attached hydrogens (primary N) is 3. The van der Waals surface area contributed by atoms with Gasteiger partial charge in [0.15, 0.2) is 5.36 Å². The van der Waals surface area contributed by atoms with E-state index in [4.69, 9.17) is 26.0 Å². The van der Waals surface area contributed by atoms with E-state index >= 15 is 0 Å². The predicted molar refractivity (Wildman–Crippen MR) is 163 cm³/mol. The number of hydrogen-bond donors (Lipinski definition) is 5. The van der Waals surface area contributed by atoms with Crippen LogP contribution in [0, 0.1) is 0 Å². The molecule has 1 aromatic heterocycles. The minimum absolute atomic E-state index is 0.0328. The van der Waals surface area contributed by atoms with Crippen LogP contribution < -0.4 is 32.3 Å². The van der Waals surface area contributed by atoms with Crippen LogP contribution in [0.1, 0.15) is 31.8 Å². The Balaban J connectivity index is 1.27. The van der Waals surface area contributed by atoms with Gasteiger partial charge < -0.3 is 31.0 Å². The van der Waals surface area contributed by atoms with E-state index in [0.717, 1.165) is 11.1 Å². The summed E-state index contributed by atoms with van der Waals surface area (Å²) in [5.41, 5.74) is 16.3. The number of carbonyl (C=O) groups is 2. The Bertz CT molecular complexity index is 2070. The van der Waals surface area contributed by atoms with Crippen molar-refractivity contribution < 1.29 is 29.3 Å². The van der Waals surface area contributed by atoms with Crippen molar-refractivity contribution in [1.82, 2.24) is 15.3 Å². The molecule has 44 heavy (non-hydrogen) atoms. The lowest BCUT2D eigenvalue weighted by atomic mass is 9.89. The minimum Gasteiger partial charge on any atom is -0.478 e. The van der Waals surface area contributed by atoms with Crippen LogP contribution >= 0.6 is 0 Å². The summed E-state index contributed by atoms with van der Waals surface area (Å²) in [6, 6.07) is 24.1. The van der Waals surface area contributed by atoms with Crippen molar-refractivity contribution in [3.63, 3.8) is 0 Å². The summed E-state index contributed by atoms with van der Waals surface area (Å²) in [5.74, 6) is -0.718. The number of fused-ring (bicyclic) bond motifs is 2. The molecule has 6 rings (SSSR count). The first-order chi connectivity index (χ1) is 21.2. The molecule has 1 aliphatic heterocycles. The molecule has 1 aliphatic carbocycles. The highest BCUT2D eigenvalue weighted by Crippen LogP contribution is 2.41. The number of aromatic carboxylic acids is 1. The van der Waals surface area contributed by atoms with Crippen LogP contribution in [-0.2, 0) is 13.2 Å². The van der Waals surface area contributed by atoms with E-state index in [0.29, 0.717) is 55.8 Å². The summed E-state index contributed by atoms with van der Waals surface area (Å²) in [6.45, 7) is 0.507. The maximum absolute atomic E-state index is 13.3. The molecule has 0 bridgehead atoms. The van der Waals surface area contributed by atoms with Crippen LogP contribution in [0.2, 0.25) is 0 Å². The van der Waals surface area contributed by atoms with Crippen molar-refractivity contribution in [1.29, 1.82) is 0 Å². The fraction of sp³-hybridized carbons (Fsp3) is 0.0606. The zero-order valence-corrected chi connectivity index (χ0v) is 23.3. The Morgan fingerprint density at radius 3 is 2.48 bits per heavy atom. The molecule has 218 valence electrons. The molecule has 3 aromatic carbocycles. The molecule has 11 nitrogen and oxygen atoms in total. The summed E-state index contributed by atoms with van der Waals surface area (Å²) in [7, 11) is 0. The number of nitrogen functional groups attached to an aromatic ring is 2. The zero-order valence-electron chi connectivity index (χ0n) is 23.3. The van der Waals surface area contributed by atoms with Crippen molar-refractivity contribution in [2.75, 3.05) is 11.5 Å². The number of benzene rings is 4. The van der Waals surface area contributed by atoms with Gasteiger partial charge in [-0.2, -0.15) is 4.98 Å². The van der Waals surface area contributed by atoms with Crippen molar-refractivity contribution in [2.24, 2.45) is 0 Å². The van der Waals surface area contributed by atoms with Gasteiger partial charge >= 0.3 is 12.0 Å². The second-order valence-electron chi connectivity index (χ2n) is 10.1. The molecule has 11 heteroatoms. The number of anilines is 2. The highest BCUT2D eigenvalue weighted by molar-refractivity contribution is 6.09. The first-order valence-electron chi connectivity index (χ1n) is 13.5. The maximum atomic E-state index is 13.3. The molecule has 2 heterocycles. The van der Waals surface area contributed by atoms with Gasteiger partial charge in [0.25, 0.3) is 5.91 Å². The van der Waals surface area contributed by atoms with Crippen LogP contribution in [0.3, 0.4) is 0 Å². The van der Waals surface area contributed by atoms with Gasteiger partial charge in [-0.3, -0.25) is 10.2 Å². The van der Waals surface area contributed by atoms with Gasteiger partial charge in [-0.1, -0.05) is 24.3 Å². The third kappa shape index (κ3) is 5.74. The Morgan fingerprint density at radius 1 is 0.909 bits per heavy atom. The lowest BCUT2D eigenvalue weighted by Crippen LogP contribution is -2.44. The maximum Gasteiger partial charge on any atom is 0.336 e. The summed E-state index contributed by atoms with van der Waals surface area (Å²) in [6.07, 6.45) is 1.52. The summed E-state index contributed by atoms with van der Waals surface area (Å²) in [5, 5.41) is 20.1. The topological polar surface area (TPSA) is 192 Å². The molecule has 1 amide bonds. The molecular weight excluding hydrogens is 560 g/mol. The quantitative estimate of drug-likeness (QED) is 0.131. The van der Waals surface area contributed by atoms with E-state index in [1.807, 2.05) is 24.3 Å². The average molecular weight is 588 g/mol. The van der Waals surface area contributed by atoms with Gasteiger partial charge in [-0.25, -0.2) is 9.78 Å². The number of hydrogen-bond acceptors (Lipinski definition) is 8. The van der Waals surface area contributed by atoms with Gasteiger partial charge in [-0.05, 0) is 59.2 Å². The second kappa shape index (κ2) is 11.6. The van der Waals surface area contributed by atoms with E-state index in [1.54, 1.807) is 48.5 Å². The third-order valence-corrected chi connectivity index (χ3v) is 7.05. The molecule has 0 unspecified atom stereocenters. The van der Waals surface area contributed by atoms with Gasteiger partial charge in [0.05, 0.1) is 11.6 Å². The van der Waals surface area contributed by atoms with Crippen LogP contribution in [0.4, 0.5) is 11.5 Å². The van der Waals surface area contributed by atoms with Crippen molar-refractivity contribution in [3.05, 3.63) is 119 Å². The van der Waals surface area contributed by atoms with Crippen LogP contribution in [-0.4, -0.2) is 27.0 Å². The molecule has 8 N–H and O–H groups in total. The van der Waals surface area contributed by atoms with Gasteiger partial charge in [0, 0.05) is 52.6 Å². The van der Waals surface area contributed by atoms with E-state index in [9.17, 15) is 14.7 Å². The summed E-state index contributed by atoms with van der Waals surface area (Å²) in [4.78, 5) is 33.7. The number of aromatic nitrogens is 2. The molecular formula is C33H27N6O5+. The number of ether oxygens (including phenoxy) is 1. The monoisotopic (exact) mass is 587 g/mol. The second-order valence-corrected chi connectivity index (χ2v) is 10.1. The fourth-order valence-corrected chi connectivity index (χ4v) is 4.90. The number of carbonyl (C=O) groups excluding carboxylic acids is 1. The van der Waals surface area contributed by atoms with E-state index in [2.05, 4.69) is 15.3 Å². The molecule has 0 fully saturated rings. The first kappa shape index (κ1) is 27.9. The normalized spacial score (nSPS) is 11.0. The molecule has 4 aromatic rings. The van der Waals surface area contributed by atoms with Crippen LogP contribution in [0.15, 0.2) is 95.5 Å². The van der Waals surface area contributed by atoms with Crippen molar-refractivity contribution in [2.45, 2.75) is 13.2 Å². The van der Waals surface area contributed by atoms with Crippen molar-refractivity contribution >= 4 is 34.4 Å². The zero-order chi connectivity index (χ0) is 30.8. The number of nitrogens with zero attached hydrogens (tertiary/aromatic N) is 2. The minimum atomic E-state index is -1.13. The smallest absolute Gasteiger partial charge is 0.336 e. The van der Waals surface area contributed by atoms with Crippen molar-refractivity contribution in [3.8, 4) is 28.5 Å². The molecule has 2 aliphatic rings. The highest BCUT2D eigenvalue weighted by Gasteiger charge is 2.23. The number of nitrogens with one attached hydrogen (secondary N) is 1. The Morgan fingerprint density at radius 2 is 1.70 bits per heavy atom.